The Morgan fingerprint density at radius 2 is 1.82 bits per heavy atom. The number of hydrogen-bond acceptors (Lipinski definition) is 2. The molecule has 1 amide bonds. The van der Waals surface area contributed by atoms with Crippen molar-refractivity contribution in [3.05, 3.63) is 32.4 Å². The quantitative estimate of drug-likeness (QED) is 0.668. The van der Waals surface area contributed by atoms with Crippen molar-refractivity contribution >= 4 is 28.7 Å². The molecular formula is C10H6F3INO2-. The number of amides is 1. The minimum absolute atomic E-state index is 0.0440. The number of alkyl halides is 3. The van der Waals surface area contributed by atoms with Gasteiger partial charge in [-0.3, -0.25) is 0 Å². The first-order valence-electron chi connectivity index (χ1n) is 4.63. The lowest BCUT2D eigenvalue weighted by molar-refractivity contribution is -0.266. The molecule has 92 valence electrons. The Balaban J connectivity index is 2.41. The highest BCUT2D eigenvalue weighted by molar-refractivity contribution is 14.1. The zero-order valence-electron chi connectivity index (χ0n) is 8.34. The first kappa shape index (κ1) is 12.5. The second-order valence-corrected chi connectivity index (χ2v) is 4.88. The molecular weight excluding hydrogens is 350 g/mol. The van der Waals surface area contributed by atoms with Crippen LogP contribution in [0.25, 0.3) is 0 Å². The summed E-state index contributed by atoms with van der Waals surface area (Å²) in [5, 5.41) is 10.6. The van der Waals surface area contributed by atoms with Gasteiger partial charge in [-0.05, 0) is 45.9 Å². The summed E-state index contributed by atoms with van der Waals surface area (Å²) in [5.74, 6) is 0. The Morgan fingerprint density at radius 1 is 1.29 bits per heavy atom. The van der Waals surface area contributed by atoms with Crippen LogP contribution in [0.5, 0.6) is 0 Å². The summed E-state index contributed by atoms with van der Waals surface area (Å²) in [6.07, 6.45) is -5.79. The summed E-state index contributed by atoms with van der Waals surface area (Å²) in [4.78, 5) is 11.6. The van der Waals surface area contributed by atoms with Crippen LogP contribution in [0.4, 0.5) is 18.0 Å². The molecule has 1 aromatic rings. The lowest BCUT2D eigenvalue weighted by Gasteiger charge is -2.17. The molecule has 2 rings (SSSR count). The van der Waals surface area contributed by atoms with E-state index in [1.807, 2.05) is 0 Å². The van der Waals surface area contributed by atoms with Crippen LogP contribution in [0.15, 0.2) is 12.1 Å². The lowest BCUT2D eigenvalue weighted by Crippen LogP contribution is -2.37. The lowest BCUT2D eigenvalue weighted by atomic mass is 10.1. The molecule has 0 aliphatic carbocycles. The van der Waals surface area contributed by atoms with Crippen molar-refractivity contribution in [2.75, 3.05) is 0 Å². The monoisotopic (exact) mass is 356 g/mol. The molecule has 0 spiro atoms. The second-order valence-electron chi connectivity index (χ2n) is 3.72. The Morgan fingerprint density at radius 3 is 2.29 bits per heavy atom. The van der Waals surface area contributed by atoms with Crippen LogP contribution in [-0.2, 0) is 19.3 Å². The molecule has 0 bridgehead atoms. The van der Waals surface area contributed by atoms with Gasteiger partial charge in [-0.1, -0.05) is 0 Å². The molecule has 0 saturated heterocycles. The number of fused-ring (bicyclic) bond motifs is 1. The first-order valence-corrected chi connectivity index (χ1v) is 5.71. The zero-order chi connectivity index (χ0) is 12.8. The number of carbonyl (C=O) groups excluding carboxylic acids is 1. The molecule has 1 heterocycles. The summed E-state index contributed by atoms with van der Waals surface area (Å²) < 4.78 is 38.0. The predicted molar refractivity (Wildman–Crippen MR) is 58.8 cm³/mol. The number of hydrogen-bond donors (Lipinski definition) is 0. The number of rotatable bonds is 0. The van der Waals surface area contributed by atoms with E-state index in [2.05, 4.69) is 0 Å². The molecule has 1 aromatic carbocycles. The average Bonchev–Trinajstić information content (AvgIpc) is 2.57. The Bertz CT molecular complexity index is 487. The predicted octanol–water partition coefficient (Wildman–Crippen LogP) is 1.97. The van der Waals surface area contributed by atoms with Gasteiger partial charge >= 0.3 is 6.18 Å². The molecule has 0 atom stereocenters. The minimum atomic E-state index is -4.42. The molecule has 0 N–H and O–H groups in total. The van der Waals surface area contributed by atoms with E-state index in [1.54, 1.807) is 22.6 Å². The van der Waals surface area contributed by atoms with Crippen molar-refractivity contribution in [1.82, 2.24) is 4.90 Å². The van der Waals surface area contributed by atoms with Crippen molar-refractivity contribution in [3.63, 3.8) is 0 Å². The van der Waals surface area contributed by atoms with Crippen molar-refractivity contribution in [1.29, 1.82) is 0 Å². The summed E-state index contributed by atoms with van der Waals surface area (Å²) in [5.41, 5.74) is 0.269. The maximum absolute atomic E-state index is 12.6. The first-order chi connectivity index (χ1) is 7.79. The fourth-order valence-electron chi connectivity index (χ4n) is 1.77. The molecule has 0 fully saturated rings. The number of halogens is 4. The van der Waals surface area contributed by atoms with Gasteiger partial charge in [-0.25, -0.2) is 0 Å². The number of carboxylic acid groups (broad SMARTS) is 1. The van der Waals surface area contributed by atoms with E-state index in [0.717, 1.165) is 11.0 Å². The van der Waals surface area contributed by atoms with Crippen LogP contribution in [-0.4, -0.2) is 11.0 Å². The molecule has 0 aromatic heterocycles. The highest BCUT2D eigenvalue weighted by atomic mass is 127. The standard InChI is InChI=1S/C10H7F3INO2/c11-10(12,13)7-1-5-3-15(9(16)17)4-6(5)2-8(7)14/h1-2H,3-4H2,(H,16,17)/p-1. The van der Waals surface area contributed by atoms with Gasteiger partial charge in [0.25, 0.3) is 0 Å². The molecule has 3 nitrogen and oxygen atoms in total. The normalized spacial score (nSPS) is 14.9. The maximum Gasteiger partial charge on any atom is 0.417 e. The summed E-state index contributed by atoms with van der Waals surface area (Å²) in [6.45, 7) is 0.0451. The highest BCUT2D eigenvalue weighted by Crippen LogP contribution is 2.36. The maximum atomic E-state index is 12.6. The van der Waals surface area contributed by atoms with Crippen LogP contribution in [0, 0.1) is 3.57 Å². The molecule has 0 saturated carbocycles. The summed E-state index contributed by atoms with van der Waals surface area (Å²) >= 11 is 1.60. The average molecular weight is 356 g/mol. The van der Waals surface area contributed by atoms with E-state index in [4.69, 9.17) is 0 Å². The van der Waals surface area contributed by atoms with Crippen LogP contribution in [0.2, 0.25) is 0 Å². The van der Waals surface area contributed by atoms with Gasteiger partial charge in [-0.15, -0.1) is 0 Å². The fourth-order valence-corrected chi connectivity index (χ4v) is 2.60. The number of benzene rings is 1. The third-order valence-corrected chi connectivity index (χ3v) is 3.47. The molecule has 1 aliphatic heterocycles. The minimum Gasteiger partial charge on any atom is -0.530 e. The van der Waals surface area contributed by atoms with Gasteiger partial charge in [0.05, 0.1) is 5.56 Å². The van der Waals surface area contributed by atoms with Crippen LogP contribution >= 0.6 is 22.6 Å². The zero-order valence-corrected chi connectivity index (χ0v) is 10.5. The number of carbonyl (C=O) groups is 1. The van der Waals surface area contributed by atoms with Crippen molar-refractivity contribution in [2.45, 2.75) is 19.3 Å². The van der Waals surface area contributed by atoms with Gasteiger partial charge in [0, 0.05) is 16.7 Å². The Kier molecular flexibility index (Phi) is 2.96. The molecule has 0 radical (unpaired) electrons. The Labute approximate surface area is 108 Å². The molecule has 1 aliphatic rings. The van der Waals surface area contributed by atoms with Gasteiger partial charge in [0.2, 0.25) is 0 Å². The van der Waals surface area contributed by atoms with E-state index in [-0.39, 0.29) is 16.7 Å². The topological polar surface area (TPSA) is 43.4 Å². The third kappa shape index (κ3) is 2.33. The van der Waals surface area contributed by atoms with E-state index >= 15 is 0 Å². The van der Waals surface area contributed by atoms with Crippen molar-refractivity contribution in [3.8, 4) is 0 Å². The van der Waals surface area contributed by atoms with Crippen molar-refractivity contribution in [2.24, 2.45) is 0 Å². The largest absolute Gasteiger partial charge is 0.530 e. The SMILES string of the molecule is O=C([O-])N1Cc2cc(I)c(C(F)(F)F)cc2C1. The Hall–Kier alpha value is -0.990. The summed E-state index contributed by atoms with van der Waals surface area (Å²) in [6, 6.07) is 2.39. The van der Waals surface area contributed by atoms with Crippen molar-refractivity contribution < 1.29 is 23.1 Å². The third-order valence-electron chi connectivity index (χ3n) is 2.58. The van der Waals surface area contributed by atoms with Gasteiger partial charge in [0.15, 0.2) is 0 Å². The van der Waals surface area contributed by atoms with Gasteiger partial charge < -0.3 is 14.8 Å². The van der Waals surface area contributed by atoms with Crippen LogP contribution in [0.3, 0.4) is 0 Å². The highest BCUT2D eigenvalue weighted by Gasteiger charge is 2.34. The van der Waals surface area contributed by atoms with Gasteiger partial charge in [0.1, 0.15) is 6.09 Å². The molecule has 0 unspecified atom stereocenters. The molecule has 17 heavy (non-hydrogen) atoms. The smallest absolute Gasteiger partial charge is 0.417 e. The van der Waals surface area contributed by atoms with Gasteiger partial charge in [-0.2, -0.15) is 13.2 Å². The van der Waals surface area contributed by atoms with Crippen LogP contribution in [0.1, 0.15) is 16.7 Å². The second kappa shape index (κ2) is 4.04. The van der Waals surface area contributed by atoms with E-state index < -0.39 is 17.8 Å². The van der Waals surface area contributed by atoms with Crippen LogP contribution < -0.4 is 5.11 Å². The molecule has 7 heteroatoms. The number of nitrogens with zero attached hydrogens (tertiary/aromatic N) is 1. The fraction of sp³-hybridized carbons (Fsp3) is 0.300. The summed E-state index contributed by atoms with van der Waals surface area (Å²) in [7, 11) is 0. The van der Waals surface area contributed by atoms with E-state index in [1.165, 1.54) is 6.07 Å². The van der Waals surface area contributed by atoms with E-state index in [0.29, 0.717) is 11.1 Å². The van der Waals surface area contributed by atoms with E-state index in [9.17, 15) is 23.1 Å².